The summed E-state index contributed by atoms with van der Waals surface area (Å²) in [5.74, 6) is 0.200. The summed E-state index contributed by atoms with van der Waals surface area (Å²) >= 11 is 0. The zero-order valence-corrected chi connectivity index (χ0v) is 14.8. The molecule has 25 heavy (non-hydrogen) atoms. The van der Waals surface area contributed by atoms with Crippen molar-refractivity contribution >= 4 is 28.8 Å². The van der Waals surface area contributed by atoms with Gasteiger partial charge >= 0.3 is 0 Å². The molecule has 3 N–H and O–H groups in total. The maximum Gasteiger partial charge on any atom is 0.249 e. The van der Waals surface area contributed by atoms with Crippen molar-refractivity contribution in [1.82, 2.24) is 15.3 Å². The number of aromatic nitrogens is 2. The summed E-state index contributed by atoms with van der Waals surface area (Å²) in [5.41, 5.74) is 1.66. The molecule has 0 aliphatic heterocycles. The molecular formula is C19H26N4O2. The number of H-pyrrole nitrogens is 1. The second-order valence-electron chi connectivity index (χ2n) is 7.16. The number of nitrogens with zero attached hydrogens (tertiary/aromatic N) is 1. The Labute approximate surface area is 147 Å². The molecule has 1 aromatic carbocycles. The number of aromatic amines is 1. The molecule has 1 saturated carbocycles. The van der Waals surface area contributed by atoms with Crippen LogP contribution in [-0.2, 0) is 9.59 Å². The Kier molecular flexibility index (Phi) is 5.36. The standard InChI is InChI=1S/C19H26N4O2/c1-12(2)16(22-17(24)13-8-4-3-5-9-13)18(25)23-19-20-14-10-6-7-11-15(14)21-19/h6-7,10-13,16H,3-5,8-9H2,1-2H3,(H,22,24)(H2,20,21,23,25). The fourth-order valence-corrected chi connectivity index (χ4v) is 3.38. The number of carbonyl (C=O) groups is 2. The van der Waals surface area contributed by atoms with Gasteiger partial charge in [-0.3, -0.25) is 14.9 Å². The number of nitrogens with one attached hydrogen (secondary N) is 3. The van der Waals surface area contributed by atoms with E-state index in [1.54, 1.807) is 0 Å². The zero-order chi connectivity index (χ0) is 17.8. The van der Waals surface area contributed by atoms with Gasteiger partial charge in [-0.25, -0.2) is 4.98 Å². The van der Waals surface area contributed by atoms with E-state index in [0.717, 1.165) is 36.7 Å². The van der Waals surface area contributed by atoms with Gasteiger partial charge in [0.05, 0.1) is 11.0 Å². The number of carbonyl (C=O) groups excluding carboxylic acids is 2. The molecule has 0 saturated heterocycles. The number of imidazole rings is 1. The first-order chi connectivity index (χ1) is 12.0. The normalized spacial score (nSPS) is 16.8. The number of para-hydroxylation sites is 2. The fourth-order valence-electron chi connectivity index (χ4n) is 3.38. The van der Waals surface area contributed by atoms with E-state index in [9.17, 15) is 9.59 Å². The second kappa shape index (κ2) is 7.68. The SMILES string of the molecule is CC(C)C(NC(=O)C1CCCCC1)C(=O)Nc1nc2ccccc2[nH]1. The molecule has 0 spiro atoms. The van der Waals surface area contributed by atoms with Crippen molar-refractivity contribution in [1.29, 1.82) is 0 Å². The summed E-state index contributed by atoms with van der Waals surface area (Å²) in [6.07, 6.45) is 5.22. The topological polar surface area (TPSA) is 86.9 Å². The summed E-state index contributed by atoms with van der Waals surface area (Å²) in [6.45, 7) is 3.87. The predicted octanol–water partition coefficient (Wildman–Crippen LogP) is 3.22. The molecule has 1 unspecified atom stereocenters. The second-order valence-corrected chi connectivity index (χ2v) is 7.16. The lowest BCUT2D eigenvalue weighted by Crippen LogP contribution is -2.49. The number of fused-ring (bicyclic) bond motifs is 1. The van der Waals surface area contributed by atoms with E-state index in [4.69, 9.17) is 0 Å². The molecule has 1 heterocycles. The summed E-state index contributed by atoms with van der Waals surface area (Å²) in [6, 6.07) is 7.03. The third kappa shape index (κ3) is 4.18. The predicted molar refractivity (Wildman–Crippen MR) is 98.1 cm³/mol. The van der Waals surface area contributed by atoms with E-state index in [1.165, 1.54) is 6.42 Å². The van der Waals surface area contributed by atoms with Crippen LogP contribution in [0.4, 0.5) is 5.95 Å². The van der Waals surface area contributed by atoms with E-state index >= 15 is 0 Å². The average molecular weight is 342 g/mol. The van der Waals surface area contributed by atoms with Crippen LogP contribution in [0.2, 0.25) is 0 Å². The van der Waals surface area contributed by atoms with Gasteiger partial charge in [-0.05, 0) is 30.9 Å². The molecule has 1 fully saturated rings. The fraction of sp³-hybridized carbons (Fsp3) is 0.526. The maximum atomic E-state index is 12.7. The molecule has 134 valence electrons. The Morgan fingerprint density at radius 1 is 1.16 bits per heavy atom. The maximum absolute atomic E-state index is 12.7. The molecule has 1 aromatic heterocycles. The summed E-state index contributed by atoms with van der Waals surface area (Å²) in [4.78, 5) is 32.6. The van der Waals surface area contributed by atoms with Crippen LogP contribution in [0.25, 0.3) is 11.0 Å². The molecule has 6 heteroatoms. The molecule has 2 aromatic rings. The highest BCUT2D eigenvalue weighted by Gasteiger charge is 2.29. The minimum atomic E-state index is -0.567. The molecule has 1 atom stereocenters. The number of rotatable bonds is 5. The number of amides is 2. The van der Waals surface area contributed by atoms with Crippen LogP contribution in [-0.4, -0.2) is 27.8 Å². The van der Waals surface area contributed by atoms with Gasteiger partial charge in [0.25, 0.3) is 0 Å². The Bertz CT molecular complexity index is 714. The van der Waals surface area contributed by atoms with Crippen LogP contribution in [0, 0.1) is 11.8 Å². The van der Waals surface area contributed by atoms with Gasteiger partial charge in [0.15, 0.2) is 0 Å². The summed E-state index contributed by atoms with van der Waals surface area (Å²) in [7, 11) is 0. The van der Waals surface area contributed by atoms with E-state index < -0.39 is 6.04 Å². The molecule has 1 aliphatic rings. The van der Waals surface area contributed by atoms with E-state index in [1.807, 2.05) is 38.1 Å². The van der Waals surface area contributed by atoms with Crippen LogP contribution in [0.5, 0.6) is 0 Å². The number of hydrogen-bond acceptors (Lipinski definition) is 3. The van der Waals surface area contributed by atoms with Crippen molar-refractivity contribution in [3.05, 3.63) is 24.3 Å². The molecule has 0 bridgehead atoms. The van der Waals surface area contributed by atoms with E-state index in [0.29, 0.717) is 5.95 Å². The Hall–Kier alpha value is -2.37. The first kappa shape index (κ1) is 17.5. The molecule has 3 rings (SSSR count). The smallest absolute Gasteiger partial charge is 0.249 e. The third-order valence-corrected chi connectivity index (χ3v) is 4.85. The molecule has 6 nitrogen and oxygen atoms in total. The quantitative estimate of drug-likeness (QED) is 0.779. The van der Waals surface area contributed by atoms with Gasteiger partial charge in [0.1, 0.15) is 6.04 Å². The third-order valence-electron chi connectivity index (χ3n) is 4.85. The summed E-state index contributed by atoms with van der Waals surface area (Å²) in [5, 5.41) is 5.75. The van der Waals surface area contributed by atoms with Gasteiger partial charge < -0.3 is 10.3 Å². The minimum Gasteiger partial charge on any atom is -0.344 e. The van der Waals surface area contributed by atoms with Crippen LogP contribution >= 0.6 is 0 Å². The largest absolute Gasteiger partial charge is 0.344 e. The molecule has 2 amide bonds. The van der Waals surface area contributed by atoms with E-state index in [2.05, 4.69) is 20.6 Å². The number of benzene rings is 1. The van der Waals surface area contributed by atoms with Crippen molar-refractivity contribution < 1.29 is 9.59 Å². The Morgan fingerprint density at radius 3 is 2.56 bits per heavy atom. The van der Waals surface area contributed by atoms with Gasteiger partial charge in [-0.2, -0.15) is 0 Å². The Balaban J connectivity index is 1.66. The lowest BCUT2D eigenvalue weighted by Gasteiger charge is -2.26. The van der Waals surface area contributed by atoms with Crippen LogP contribution in [0.1, 0.15) is 46.0 Å². The van der Waals surface area contributed by atoms with E-state index in [-0.39, 0.29) is 23.7 Å². The molecule has 0 radical (unpaired) electrons. The monoisotopic (exact) mass is 342 g/mol. The van der Waals surface area contributed by atoms with Crippen molar-refractivity contribution in [2.45, 2.75) is 52.0 Å². The summed E-state index contributed by atoms with van der Waals surface area (Å²) < 4.78 is 0. The van der Waals surface area contributed by atoms with Crippen molar-refractivity contribution in [2.75, 3.05) is 5.32 Å². The van der Waals surface area contributed by atoms with Crippen molar-refractivity contribution in [3.63, 3.8) is 0 Å². The minimum absolute atomic E-state index is 0.00171. The van der Waals surface area contributed by atoms with Gasteiger partial charge in [-0.1, -0.05) is 45.2 Å². The first-order valence-electron chi connectivity index (χ1n) is 9.10. The molecule has 1 aliphatic carbocycles. The van der Waals surface area contributed by atoms with Gasteiger partial charge in [0.2, 0.25) is 17.8 Å². The van der Waals surface area contributed by atoms with Gasteiger partial charge in [0, 0.05) is 5.92 Å². The highest BCUT2D eigenvalue weighted by atomic mass is 16.2. The average Bonchev–Trinajstić information content (AvgIpc) is 3.02. The lowest BCUT2D eigenvalue weighted by atomic mass is 9.88. The highest BCUT2D eigenvalue weighted by molar-refractivity contribution is 5.97. The van der Waals surface area contributed by atoms with Crippen molar-refractivity contribution in [3.8, 4) is 0 Å². The number of hydrogen-bond donors (Lipinski definition) is 3. The Morgan fingerprint density at radius 2 is 1.88 bits per heavy atom. The van der Waals surface area contributed by atoms with Gasteiger partial charge in [-0.15, -0.1) is 0 Å². The molecular weight excluding hydrogens is 316 g/mol. The van der Waals surface area contributed by atoms with Crippen LogP contribution in [0.15, 0.2) is 24.3 Å². The zero-order valence-electron chi connectivity index (χ0n) is 14.8. The van der Waals surface area contributed by atoms with Crippen LogP contribution < -0.4 is 10.6 Å². The van der Waals surface area contributed by atoms with Crippen LogP contribution in [0.3, 0.4) is 0 Å². The lowest BCUT2D eigenvalue weighted by molar-refractivity contribution is -0.130. The number of anilines is 1. The highest BCUT2D eigenvalue weighted by Crippen LogP contribution is 2.24. The van der Waals surface area contributed by atoms with Crippen molar-refractivity contribution in [2.24, 2.45) is 11.8 Å². The first-order valence-corrected chi connectivity index (χ1v) is 9.10.